The molecule has 16 heteroatoms. The first-order chi connectivity index (χ1) is 27.3. The molecular formula is C42H68O16. The van der Waals surface area contributed by atoms with Crippen molar-refractivity contribution in [2.24, 2.45) is 50.2 Å². The number of fused-ring (bicyclic) bond motifs is 7. The molecule has 4 saturated carbocycles. The number of ether oxygens (including phenoxy) is 4. The molecular weight excluding hydrogens is 760 g/mol. The van der Waals surface area contributed by atoms with Crippen LogP contribution in [0.25, 0.3) is 0 Å². The van der Waals surface area contributed by atoms with Gasteiger partial charge < -0.3 is 75.1 Å². The largest absolute Gasteiger partial charge is 0.481 e. The van der Waals surface area contributed by atoms with Gasteiger partial charge in [-0.1, -0.05) is 39.3 Å². The van der Waals surface area contributed by atoms with Crippen LogP contribution >= 0.6 is 0 Å². The van der Waals surface area contributed by atoms with Crippen LogP contribution in [-0.2, 0) is 23.7 Å². The normalized spacial score (nSPS) is 54.3. The van der Waals surface area contributed by atoms with E-state index in [1.165, 1.54) is 0 Å². The molecule has 0 amide bonds. The van der Waals surface area contributed by atoms with Gasteiger partial charge in [-0.05, 0) is 98.2 Å². The average Bonchev–Trinajstić information content (AvgIpc) is 3.20. The Hall–Kier alpha value is -1.35. The van der Waals surface area contributed by atoms with Crippen LogP contribution < -0.4 is 0 Å². The summed E-state index contributed by atoms with van der Waals surface area (Å²) in [6.07, 6.45) is -8.58. The number of carboxylic acids is 1. The van der Waals surface area contributed by atoms with E-state index in [0.29, 0.717) is 44.9 Å². The van der Waals surface area contributed by atoms with E-state index in [9.17, 15) is 61.0 Å². The molecule has 5 aliphatic carbocycles. The maximum atomic E-state index is 13.5. The third-order valence-electron chi connectivity index (χ3n) is 17.6. The lowest BCUT2D eigenvalue weighted by Crippen LogP contribution is -2.67. The number of allylic oxidation sites excluding steroid dienone is 1. The van der Waals surface area contributed by atoms with E-state index < -0.39 is 114 Å². The highest BCUT2D eigenvalue weighted by Gasteiger charge is 2.71. The van der Waals surface area contributed by atoms with Crippen molar-refractivity contribution in [1.29, 1.82) is 0 Å². The predicted octanol–water partition coefficient (Wildman–Crippen LogP) is -0.201. The monoisotopic (exact) mass is 828 g/mol. The van der Waals surface area contributed by atoms with Crippen molar-refractivity contribution in [1.82, 2.24) is 0 Å². The van der Waals surface area contributed by atoms with E-state index in [1.54, 1.807) is 0 Å². The van der Waals surface area contributed by atoms with Crippen LogP contribution in [0.3, 0.4) is 0 Å². The number of aliphatic carboxylic acids is 1. The first-order valence-electron chi connectivity index (χ1n) is 21.3. The standard InChI is InChI=1S/C42H68O16/c1-37(20-55-35-33(31(51)29(49)24(17-44)57-35)58-34-32(52)30(50)28(48)23(16-43)56-34)11-12-41(36(53)54)13-14-42(19-46)21(22(41)15-37)5-6-26-38(2)9-8-27(47)39(3,18-45)25(38)7-10-40(26,42)4/h5,22-35,43-52H,6-20H2,1-4H3,(H,53,54)/t22-,23+,24+,25+,26+,27-,28+,29+,30-,31-,32+,33+,34-,35+,37+,38-,39-,40+,41-,42-/m0/s1. The molecule has 332 valence electrons. The third-order valence-corrected chi connectivity index (χ3v) is 17.6. The first-order valence-corrected chi connectivity index (χ1v) is 21.3. The number of aliphatic hydroxyl groups is 10. The molecule has 0 spiro atoms. The summed E-state index contributed by atoms with van der Waals surface area (Å²) in [7, 11) is 0. The second-order valence-corrected chi connectivity index (χ2v) is 20.3. The summed E-state index contributed by atoms with van der Waals surface area (Å²) in [6, 6.07) is 0. The Labute approximate surface area is 339 Å². The molecule has 58 heavy (non-hydrogen) atoms. The molecule has 7 aliphatic rings. The number of hydrogen-bond donors (Lipinski definition) is 11. The minimum atomic E-state index is -1.82. The van der Waals surface area contributed by atoms with Gasteiger partial charge >= 0.3 is 5.97 Å². The maximum Gasteiger partial charge on any atom is 0.310 e. The zero-order chi connectivity index (χ0) is 42.4. The van der Waals surface area contributed by atoms with Gasteiger partial charge in [-0.15, -0.1) is 0 Å². The molecule has 0 unspecified atom stereocenters. The Morgan fingerprint density at radius 2 is 1.38 bits per heavy atom. The van der Waals surface area contributed by atoms with Crippen molar-refractivity contribution >= 4 is 5.97 Å². The van der Waals surface area contributed by atoms with E-state index in [4.69, 9.17) is 18.9 Å². The highest BCUT2D eigenvalue weighted by molar-refractivity contribution is 5.76. The van der Waals surface area contributed by atoms with Crippen LogP contribution in [0.5, 0.6) is 0 Å². The maximum absolute atomic E-state index is 13.5. The van der Waals surface area contributed by atoms with Crippen molar-refractivity contribution < 1.29 is 79.9 Å². The molecule has 6 fully saturated rings. The molecule has 0 radical (unpaired) electrons. The van der Waals surface area contributed by atoms with E-state index in [1.807, 2.05) is 13.8 Å². The Kier molecular flexibility index (Phi) is 12.2. The van der Waals surface area contributed by atoms with Crippen LogP contribution in [0.1, 0.15) is 91.9 Å². The summed E-state index contributed by atoms with van der Waals surface area (Å²) in [4.78, 5) is 13.5. The summed E-state index contributed by atoms with van der Waals surface area (Å²) in [6.45, 7) is 6.88. The van der Waals surface area contributed by atoms with Gasteiger partial charge in [0.2, 0.25) is 0 Å². The fourth-order valence-corrected chi connectivity index (χ4v) is 13.8. The lowest BCUT2D eigenvalue weighted by molar-refractivity contribution is -0.369. The van der Waals surface area contributed by atoms with Gasteiger partial charge in [-0.3, -0.25) is 4.79 Å². The molecule has 0 aromatic carbocycles. The van der Waals surface area contributed by atoms with Gasteiger partial charge in [0.1, 0.15) is 48.8 Å². The number of aliphatic hydroxyl groups excluding tert-OH is 10. The lowest BCUT2D eigenvalue weighted by atomic mass is 9.33. The van der Waals surface area contributed by atoms with Crippen molar-refractivity contribution in [3.05, 3.63) is 11.6 Å². The van der Waals surface area contributed by atoms with Gasteiger partial charge in [0.25, 0.3) is 0 Å². The lowest BCUT2D eigenvalue weighted by Gasteiger charge is -2.71. The summed E-state index contributed by atoms with van der Waals surface area (Å²) in [5, 5.41) is 117. The predicted molar refractivity (Wildman–Crippen MR) is 202 cm³/mol. The van der Waals surface area contributed by atoms with Gasteiger partial charge in [0.05, 0.1) is 44.6 Å². The minimum Gasteiger partial charge on any atom is -0.481 e. The summed E-state index contributed by atoms with van der Waals surface area (Å²) in [5.41, 5.74) is -2.70. The number of rotatable bonds is 10. The van der Waals surface area contributed by atoms with E-state index >= 15 is 0 Å². The summed E-state index contributed by atoms with van der Waals surface area (Å²) in [5.74, 6) is -1.11. The Morgan fingerprint density at radius 3 is 2.00 bits per heavy atom. The molecule has 0 aromatic heterocycles. The van der Waals surface area contributed by atoms with Crippen molar-refractivity contribution in [3.63, 3.8) is 0 Å². The summed E-state index contributed by atoms with van der Waals surface area (Å²) < 4.78 is 23.7. The van der Waals surface area contributed by atoms with Crippen LogP contribution in [-0.4, -0.2) is 163 Å². The highest BCUT2D eigenvalue weighted by atomic mass is 16.8. The van der Waals surface area contributed by atoms with E-state index in [-0.39, 0.29) is 42.5 Å². The molecule has 11 N–H and O–H groups in total. The summed E-state index contributed by atoms with van der Waals surface area (Å²) >= 11 is 0. The van der Waals surface area contributed by atoms with Crippen LogP contribution in [0.4, 0.5) is 0 Å². The number of hydrogen-bond acceptors (Lipinski definition) is 15. The quantitative estimate of drug-likeness (QED) is 0.127. The van der Waals surface area contributed by atoms with Crippen molar-refractivity contribution in [2.75, 3.05) is 33.0 Å². The Balaban J connectivity index is 1.17. The molecule has 0 aromatic rings. The second-order valence-electron chi connectivity index (χ2n) is 20.3. The Morgan fingerprint density at radius 1 is 0.741 bits per heavy atom. The molecule has 2 aliphatic heterocycles. The topological polar surface area (TPSA) is 277 Å². The van der Waals surface area contributed by atoms with Gasteiger partial charge in [-0.25, -0.2) is 0 Å². The fraction of sp³-hybridized carbons (Fsp3) is 0.929. The van der Waals surface area contributed by atoms with Crippen molar-refractivity contribution in [3.8, 4) is 0 Å². The number of carboxylic acid groups (broad SMARTS) is 1. The zero-order valence-corrected chi connectivity index (χ0v) is 34.2. The Bertz CT molecular complexity index is 1550. The second kappa shape index (κ2) is 15.8. The molecule has 7 rings (SSSR count). The van der Waals surface area contributed by atoms with E-state index in [0.717, 1.165) is 24.8 Å². The number of carbonyl (C=O) groups is 1. The molecule has 2 saturated heterocycles. The third kappa shape index (κ3) is 6.49. The van der Waals surface area contributed by atoms with Gasteiger partial charge in [0.15, 0.2) is 12.6 Å². The molecule has 16 nitrogen and oxygen atoms in total. The zero-order valence-electron chi connectivity index (χ0n) is 34.2. The molecule has 20 atom stereocenters. The smallest absolute Gasteiger partial charge is 0.310 e. The molecule has 0 bridgehead atoms. The highest BCUT2D eigenvalue weighted by Crippen LogP contribution is 2.75. The minimum absolute atomic E-state index is 0.0273. The van der Waals surface area contributed by atoms with E-state index in [2.05, 4.69) is 19.9 Å². The van der Waals surface area contributed by atoms with Gasteiger partial charge in [0, 0.05) is 10.8 Å². The first kappa shape index (κ1) is 44.7. The van der Waals surface area contributed by atoms with Crippen LogP contribution in [0, 0.1) is 50.2 Å². The average molecular weight is 829 g/mol. The fourth-order valence-electron chi connectivity index (χ4n) is 13.8. The van der Waals surface area contributed by atoms with Gasteiger partial charge in [-0.2, -0.15) is 0 Å². The van der Waals surface area contributed by atoms with Crippen LogP contribution in [0.2, 0.25) is 0 Å². The molecule has 2 heterocycles. The SMILES string of the molecule is C[C@@]1(CO[C@@H]2O[C@H](CO)[C@@H](O)[C@H](O)[C@H]2O[C@@H]2O[C@H](CO)[C@@H](O)[C@H](O)[C@H]2O)CC[C@]2(C(=O)O)CC[C@]3(CO)C(=CC[C@@H]4[C@@]5(C)CC[C@H](O)[C@@](C)(CO)[C@@H]5CC[C@]43C)[C@@H]2C1. The van der Waals surface area contributed by atoms with Crippen LogP contribution in [0.15, 0.2) is 11.6 Å². The van der Waals surface area contributed by atoms with Crippen molar-refractivity contribution in [2.45, 2.75) is 159 Å².